The first-order chi connectivity index (χ1) is 12.1. The van der Waals surface area contributed by atoms with Crippen molar-refractivity contribution in [3.8, 4) is 0 Å². The average molecular weight is 352 g/mol. The van der Waals surface area contributed by atoms with Crippen molar-refractivity contribution in [2.45, 2.75) is 30.0 Å². The second-order valence-corrected chi connectivity index (χ2v) is 7.36. The van der Waals surface area contributed by atoms with Gasteiger partial charge in [-0.15, -0.1) is 11.8 Å². The molecule has 1 amide bonds. The molecular weight excluding hydrogens is 336 g/mol. The third-order valence-corrected chi connectivity index (χ3v) is 5.41. The molecule has 6 heteroatoms. The Morgan fingerprint density at radius 2 is 2.16 bits per heavy atom. The lowest BCUT2D eigenvalue weighted by Gasteiger charge is -2.19. The summed E-state index contributed by atoms with van der Waals surface area (Å²) in [7, 11) is 0. The van der Waals surface area contributed by atoms with Crippen LogP contribution >= 0.6 is 11.8 Å². The molecule has 1 unspecified atom stereocenters. The van der Waals surface area contributed by atoms with E-state index in [1.165, 1.54) is 11.8 Å². The Labute approximate surface area is 148 Å². The summed E-state index contributed by atoms with van der Waals surface area (Å²) >= 11 is 1.49. The molecule has 4 rings (SSSR count). The minimum atomic E-state index is -0.278. The Morgan fingerprint density at radius 1 is 1.32 bits per heavy atom. The minimum Gasteiger partial charge on any atom is -0.459 e. The molecular formula is C19H16N2O3S. The van der Waals surface area contributed by atoms with Crippen LogP contribution in [-0.4, -0.2) is 21.9 Å². The Balaban J connectivity index is 1.48. The van der Waals surface area contributed by atoms with E-state index < -0.39 is 0 Å². The van der Waals surface area contributed by atoms with Crippen molar-refractivity contribution in [2.24, 2.45) is 0 Å². The summed E-state index contributed by atoms with van der Waals surface area (Å²) in [6, 6.07) is 13.2. The maximum absolute atomic E-state index is 12.4. The highest BCUT2D eigenvalue weighted by atomic mass is 32.2. The van der Waals surface area contributed by atoms with Gasteiger partial charge in [0, 0.05) is 10.3 Å². The largest absolute Gasteiger partial charge is 0.459 e. The minimum absolute atomic E-state index is 0.0536. The molecule has 0 saturated carbocycles. The van der Waals surface area contributed by atoms with Crippen molar-refractivity contribution >= 4 is 34.4 Å². The molecule has 1 aliphatic rings. The number of amides is 1. The molecule has 1 aliphatic heterocycles. The van der Waals surface area contributed by atoms with Gasteiger partial charge in [0.25, 0.3) is 5.91 Å². The van der Waals surface area contributed by atoms with Crippen molar-refractivity contribution < 1.29 is 14.0 Å². The molecule has 3 aromatic rings. The number of aromatic nitrogens is 1. The first-order valence-electron chi connectivity index (χ1n) is 8.05. The molecule has 0 saturated heterocycles. The van der Waals surface area contributed by atoms with Crippen LogP contribution < -0.4 is 5.32 Å². The number of benzene rings is 1. The summed E-state index contributed by atoms with van der Waals surface area (Å²) in [5.41, 5.74) is 1.80. The fourth-order valence-electron chi connectivity index (χ4n) is 2.80. The molecule has 0 bridgehead atoms. The maximum atomic E-state index is 12.4. The lowest BCUT2D eigenvalue weighted by molar-refractivity contribution is -0.117. The van der Waals surface area contributed by atoms with Crippen LogP contribution in [0.15, 0.2) is 51.8 Å². The van der Waals surface area contributed by atoms with Crippen LogP contribution in [-0.2, 0) is 17.8 Å². The van der Waals surface area contributed by atoms with Gasteiger partial charge < -0.3 is 9.73 Å². The lowest BCUT2D eigenvalue weighted by Crippen LogP contribution is -2.26. The number of nitrogens with zero attached hydrogens (tertiary/aromatic N) is 1. The zero-order chi connectivity index (χ0) is 17.4. The number of pyridine rings is 1. The van der Waals surface area contributed by atoms with E-state index in [-0.39, 0.29) is 29.9 Å². The lowest BCUT2D eigenvalue weighted by atomic mass is 10.1. The van der Waals surface area contributed by atoms with Gasteiger partial charge in [0.1, 0.15) is 17.0 Å². The summed E-state index contributed by atoms with van der Waals surface area (Å²) in [6.45, 7) is 2.18. The fourth-order valence-corrected chi connectivity index (χ4v) is 3.79. The maximum Gasteiger partial charge on any atom is 0.270 e. The van der Waals surface area contributed by atoms with E-state index in [1.54, 1.807) is 6.07 Å². The summed E-state index contributed by atoms with van der Waals surface area (Å²) in [6.07, 6.45) is 0.286. The predicted molar refractivity (Wildman–Crippen MR) is 95.7 cm³/mol. The number of carbonyl (C=O) groups is 2. The summed E-state index contributed by atoms with van der Waals surface area (Å²) in [4.78, 5) is 29.6. The third-order valence-electron chi connectivity index (χ3n) is 4.16. The molecule has 25 heavy (non-hydrogen) atoms. The van der Waals surface area contributed by atoms with Crippen molar-refractivity contribution in [2.75, 3.05) is 0 Å². The molecule has 0 spiro atoms. The summed E-state index contributed by atoms with van der Waals surface area (Å²) in [5, 5.41) is 3.77. The number of nitrogens with one attached hydrogen (secondary N) is 1. The van der Waals surface area contributed by atoms with E-state index in [0.29, 0.717) is 17.1 Å². The molecule has 1 atom stereocenters. The van der Waals surface area contributed by atoms with E-state index in [1.807, 2.05) is 43.3 Å². The first kappa shape index (κ1) is 15.9. The number of Topliss-reactive ketones (excluding diaryl/α,β-unsaturated/α-hetero) is 1. The fraction of sp³-hybridized carbons (Fsp3) is 0.211. The number of thioether (sulfide) groups is 1. The van der Waals surface area contributed by atoms with Crippen LogP contribution in [0.25, 0.3) is 11.0 Å². The number of fused-ring (bicyclic) bond motifs is 2. The zero-order valence-corrected chi connectivity index (χ0v) is 14.4. The Kier molecular flexibility index (Phi) is 4.05. The standard InChI is InChI=1S/C19H16N2O3S/c1-11-16(22)9-15-18(25-11)7-6-14(21-15)19(23)20-10-13-8-12-4-2-3-5-17(12)24-13/h2-8,11H,9-10H2,1H3,(H,20,23). The summed E-state index contributed by atoms with van der Waals surface area (Å²) in [5.74, 6) is 0.552. The second-order valence-electron chi connectivity index (χ2n) is 5.98. The van der Waals surface area contributed by atoms with E-state index >= 15 is 0 Å². The third kappa shape index (κ3) is 3.17. The highest BCUT2D eigenvalue weighted by Gasteiger charge is 2.25. The SMILES string of the molecule is CC1Sc2ccc(C(=O)NCc3cc4ccccc4o3)nc2CC1=O. The van der Waals surface area contributed by atoms with Gasteiger partial charge in [0.05, 0.1) is 23.9 Å². The van der Waals surface area contributed by atoms with E-state index in [9.17, 15) is 9.59 Å². The van der Waals surface area contributed by atoms with Crippen molar-refractivity contribution in [1.29, 1.82) is 0 Å². The van der Waals surface area contributed by atoms with Crippen LogP contribution in [0.2, 0.25) is 0 Å². The van der Waals surface area contributed by atoms with Crippen LogP contribution in [0.4, 0.5) is 0 Å². The molecule has 0 fully saturated rings. The average Bonchev–Trinajstić information content (AvgIpc) is 3.03. The molecule has 2 aromatic heterocycles. The van der Waals surface area contributed by atoms with Gasteiger partial charge in [0.2, 0.25) is 0 Å². The predicted octanol–water partition coefficient (Wildman–Crippen LogP) is 3.36. The van der Waals surface area contributed by atoms with E-state index in [0.717, 1.165) is 15.9 Å². The molecule has 126 valence electrons. The number of furan rings is 1. The van der Waals surface area contributed by atoms with Gasteiger partial charge >= 0.3 is 0 Å². The van der Waals surface area contributed by atoms with Crippen LogP contribution in [0.5, 0.6) is 0 Å². The number of hydrogen-bond acceptors (Lipinski definition) is 5. The second kappa shape index (κ2) is 6.37. The smallest absolute Gasteiger partial charge is 0.270 e. The summed E-state index contributed by atoms with van der Waals surface area (Å²) < 4.78 is 5.69. The number of rotatable bonds is 3. The van der Waals surface area contributed by atoms with Gasteiger partial charge in [-0.3, -0.25) is 9.59 Å². The van der Waals surface area contributed by atoms with Crippen LogP contribution in [0.1, 0.15) is 28.9 Å². The Morgan fingerprint density at radius 3 is 3.00 bits per heavy atom. The van der Waals surface area contributed by atoms with Crippen LogP contribution in [0, 0.1) is 0 Å². The van der Waals surface area contributed by atoms with Gasteiger partial charge in [-0.2, -0.15) is 0 Å². The highest BCUT2D eigenvalue weighted by Crippen LogP contribution is 2.32. The van der Waals surface area contributed by atoms with Gasteiger partial charge in [0.15, 0.2) is 5.78 Å². The first-order valence-corrected chi connectivity index (χ1v) is 8.93. The van der Waals surface area contributed by atoms with Gasteiger partial charge in [-0.25, -0.2) is 4.98 Å². The molecule has 0 radical (unpaired) electrons. The van der Waals surface area contributed by atoms with Crippen molar-refractivity contribution in [3.63, 3.8) is 0 Å². The Bertz CT molecular complexity index is 947. The van der Waals surface area contributed by atoms with Crippen LogP contribution in [0.3, 0.4) is 0 Å². The Hall–Kier alpha value is -2.60. The zero-order valence-electron chi connectivity index (χ0n) is 13.6. The topological polar surface area (TPSA) is 72.2 Å². The normalized spacial score (nSPS) is 16.7. The number of hydrogen-bond donors (Lipinski definition) is 1. The molecule has 3 heterocycles. The van der Waals surface area contributed by atoms with E-state index in [4.69, 9.17) is 4.42 Å². The van der Waals surface area contributed by atoms with Gasteiger partial charge in [-0.05, 0) is 31.2 Å². The highest BCUT2D eigenvalue weighted by molar-refractivity contribution is 8.00. The molecule has 5 nitrogen and oxygen atoms in total. The number of para-hydroxylation sites is 1. The number of carbonyl (C=O) groups excluding carboxylic acids is 2. The molecule has 1 N–H and O–H groups in total. The van der Waals surface area contributed by atoms with Crippen molar-refractivity contribution in [1.82, 2.24) is 10.3 Å². The quantitative estimate of drug-likeness (QED) is 0.782. The number of ketones is 1. The van der Waals surface area contributed by atoms with Gasteiger partial charge in [-0.1, -0.05) is 18.2 Å². The van der Waals surface area contributed by atoms with Crippen molar-refractivity contribution in [3.05, 3.63) is 59.6 Å². The molecule has 1 aromatic carbocycles. The molecule has 0 aliphatic carbocycles. The van der Waals surface area contributed by atoms with E-state index in [2.05, 4.69) is 10.3 Å². The monoisotopic (exact) mass is 352 g/mol.